The van der Waals surface area contributed by atoms with Crippen molar-refractivity contribution < 1.29 is 9.53 Å². The van der Waals surface area contributed by atoms with E-state index in [1.807, 2.05) is 60.7 Å². The molecule has 0 atom stereocenters. The van der Waals surface area contributed by atoms with E-state index in [-0.39, 0.29) is 5.91 Å². The highest BCUT2D eigenvalue weighted by atomic mass is 35.5. The van der Waals surface area contributed by atoms with Crippen LogP contribution in [0.4, 0.5) is 0 Å². The second kappa shape index (κ2) is 9.45. The molecule has 1 N–H and O–H groups in total. The van der Waals surface area contributed by atoms with Gasteiger partial charge >= 0.3 is 0 Å². The number of rotatable bonds is 6. The average Bonchev–Trinajstić information content (AvgIpc) is 2.72. The van der Waals surface area contributed by atoms with Gasteiger partial charge in [-0.3, -0.25) is 4.79 Å². The summed E-state index contributed by atoms with van der Waals surface area (Å²) in [5.41, 5.74) is 3.10. The zero-order valence-electron chi connectivity index (χ0n) is 15.3. The van der Waals surface area contributed by atoms with Crippen LogP contribution in [0.3, 0.4) is 0 Å². The molecule has 3 rings (SSSR count). The van der Waals surface area contributed by atoms with Crippen molar-refractivity contribution >= 4 is 40.8 Å². The van der Waals surface area contributed by atoms with Crippen LogP contribution in [-0.4, -0.2) is 13.0 Å². The number of methoxy groups -OCH3 is 1. The smallest absolute Gasteiger partial charge is 0.252 e. The molecular weight excluding hydrogens is 393 g/mol. The molecule has 3 aromatic carbocycles. The monoisotopic (exact) mass is 411 g/mol. The Labute approximate surface area is 174 Å². The molecule has 3 nitrogen and oxygen atoms in total. The summed E-state index contributed by atoms with van der Waals surface area (Å²) in [6.45, 7) is 0.307. The van der Waals surface area contributed by atoms with Crippen molar-refractivity contribution in [3.63, 3.8) is 0 Å². The molecule has 0 saturated heterocycles. The maximum atomic E-state index is 12.9. The number of carbonyl (C=O) groups excluding carboxylic acids is 1. The quantitative estimate of drug-likeness (QED) is 0.407. The van der Waals surface area contributed by atoms with E-state index in [1.165, 1.54) is 0 Å². The van der Waals surface area contributed by atoms with Gasteiger partial charge in [-0.2, -0.15) is 0 Å². The summed E-state index contributed by atoms with van der Waals surface area (Å²) in [6.07, 6.45) is 1.85. The van der Waals surface area contributed by atoms with Gasteiger partial charge in [0, 0.05) is 22.2 Å². The summed E-state index contributed by atoms with van der Waals surface area (Å²) in [7, 11) is 1.62. The van der Waals surface area contributed by atoms with Crippen LogP contribution in [0.2, 0.25) is 10.0 Å². The summed E-state index contributed by atoms with van der Waals surface area (Å²) in [6, 6.07) is 22.3. The first-order chi connectivity index (χ1) is 13.6. The molecule has 0 aliphatic carbocycles. The summed E-state index contributed by atoms with van der Waals surface area (Å²) < 4.78 is 5.19. The van der Waals surface area contributed by atoms with Crippen molar-refractivity contribution in [3.05, 3.63) is 99.5 Å². The molecule has 0 saturated carbocycles. The number of carbonyl (C=O) groups is 1. The SMILES string of the molecule is COc1ccc(/C=C(\C(=O)NCc2ccc(Cl)cc2Cl)c2ccccc2)cc1. The second-order valence-electron chi connectivity index (χ2n) is 6.12. The van der Waals surface area contributed by atoms with Gasteiger partial charge in [-0.1, -0.05) is 71.7 Å². The lowest BCUT2D eigenvalue weighted by Crippen LogP contribution is -2.24. The lowest BCUT2D eigenvalue weighted by molar-refractivity contribution is -0.115. The molecule has 0 radical (unpaired) electrons. The Kier molecular flexibility index (Phi) is 6.75. The summed E-state index contributed by atoms with van der Waals surface area (Å²) >= 11 is 12.1. The fourth-order valence-corrected chi connectivity index (χ4v) is 3.18. The van der Waals surface area contributed by atoms with Crippen molar-refractivity contribution in [1.29, 1.82) is 0 Å². The Morgan fingerprint density at radius 3 is 2.36 bits per heavy atom. The predicted octanol–water partition coefficient (Wildman–Crippen LogP) is 5.86. The summed E-state index contributed by atoms with van der Waals surface area (Å²) in [5.74, 6) is 0.577. The first kappa shape index (κ1) is 20.0. The van der Waals surface area contributed by atoms with E-state index < -0.39 is 0 Å². The molecule has 0 unspecified atom stereocenters. The molecule has 0 heterocycles. The van der Waals surface area contributed by atoms with Gasteiger partial charge in [0.15, 0.2) is 0 Å². The first-order valence-corrected chi connectivity index (χ1v) is 9.45. The minimum absolute atomic E-state index is 0.187. The number of hydrogen-bond acceptors (Lipinski definition) is 2. The highest BCUT2D eigenvalue weighted by Gasteiger charge is 2.13. The second-order valence-corrected chi connectivity index (χ2v) is 6.96. The molecular formula is C23H19Cl2NO2. The van der Waals surface area contributed by atoms with E-state index in [1.54, 1.807) is 25.3 Å². The summed E-state index contributed by atoms with van der Waals surface area (Å²) in [4.78, 5) is 12.9. The largest absolute Gasteiger partial charge is 0.497 e. The van der Waals surface area contributed by atoms with Crippen LogP contribution in [0, 0.1) is 0 Å². The number of nitrogens with one attached hydrogen (secondary N) is 1. The van der Waals surface area contributed by atoms with Crippen LogP contribution in [0.1, 0.15) is 16.7 Å². The van der Waals surface area contributed by atoms with Crippen LogP contribution < -0.4 is 10.1 Å². The maximum absolute atomic E-state index is 12.9. The Hall–Kier alpha value is -2.75. The molecule has 142 valence electrons. The molecule has 0 aliphatic rings. The van der Waals surface area contributed by atoms with Crippen molar-refractivity contribution in [2.45, 2.75) is 6.54 Å². The van der Waals surface area contributed by atoms with E-state index in [0.717, 1.165) is 22.4 Å². The summed E-state index contributed by atoms with van der Waals surface area (Å²) in [5, 5.41) is 4.02. The standard InChI is InChI=1S/C23H19Cl2NO2/c1-28-20-11-7-16(8-12-20)13-21(17-5-3-2-4-6-17)23(27)26-15-18-9-10-19(24)14-22(18)25/h2-14H,15H2,1H3,(H,26,27)/b21-13-. The Bertz CT molecular complexity index is 983. The molecule has 0 fully saturated rings. The fourth-order valence-electron chi connectivity index (χ4n) is 2.70. The van der Waals surface area contributed by atoms with Gasteiger partial charge in [-0.05, 0) is 47.0 Å². The number of halogens is 2. The zero-order chi connectivity index (χ0) is 19.9. The van der Waals surface area contributed by atoms with Gasteiger partial charge in [0.25, 0.3) is 5.91 Å². The van der Waals surface area contributed by atoms with Crippen molar-refractivity contribution in [1.82, 2.24) is 5.32 Å². The van der Waals surface area contributed by atoms with Gasteiger partial charge < -0.3 is 10.1 Å². The normalized spacial score (nSPS) is 11.2. The third kappa shape index (κ3) is 5.16. The Morgan fingerprint density at radius 2 is 1.71 bits per heavy atom. The molecule has 1 amide bonds. The van der Waals surface area contributed by atoms with Gasteiger partial charge in [0.2, 0.25) is 0 Å². The van der Waals surface area contributed by atoms with E-state index >= 15 is 0 Å². The van der Waals surface area contributed by atoms with Crippen molar-refractivity contribution in [3.8, 4) is 5.75 Å². The predicted molar refractivity (Wildman–Crippen MR) is 116 cm³/mol. The topological polar surface area (TPSA) is 38.3 Å². The average molecular weight is 412 g/mol. The lowest BCUT2D eigenvalue weighted by atomic mass is 10.0. The molecule has 5 heteroatoms. The number of benzene rings is 3. The van der Waals surface area contributed by atoms with Gasteiger partial charge in [0.05, 0.1) is 7.11 Å². The first-order valence-electron chi connectivity index (χ1n) is 8.70. The molecule has 28 heavy (non-hydrogen) atoms. The van der Waals surface area contributed by atoms with Crippen molar-refractivity contribution in [2.75, 3.05) is 7.11 Å². The van der Waals surface area contributed by atoms with Crippen LogP contribution >= 0.6 is 23.2 Å². The van der Waals surface area contributed by atoms with E-state index in [2.05, 4.69) is 5.32 Å². The Balaban J connectivity index is 1.85. The highest BCUT2D eigenvalue weighted by molar-refractivity contribution is 6.35. The molecule has 3 aromatic rings. The fraction of sp³-hybridized carbons (Fsp3) is 0.0870. The minimum Gasteiger partial charge on any atom is -0.497 e. The van der Waals surface area contributed by atoms with Gasteiger partial charge in [-0.25, -0.2) is 0 Å². The highest BCUT2D eigenvalue weighted by Crippen LogP contribution is 2.23. The van der Waals surface area contributed by atoms with E-state index in [4.69, 9.17) is 27.9 Å². The number of amides is 1. The third-order valence-corrected chi connectivity index (χ3v) is 4.80. The molecule has 0 bridgehead atoms. The van der Waals surface area contributed by atoms with Gasteiger partial charge in [0.1, 0.15) is 5.75 Å². The molecule has 0 aliphatic heterocycles. The van der Waals surface area contributed by atoms with Crippen LogP contribution in [-0.2, 0) is 11.3 Å². The van der Waals surface area contributed by atoms with Gasteiger partial charge in [-0.15, -0.1) is 0 Å². The molecule has 0 spiro atoms. The van der Waals surface area contributed by atoms with E-state index in [0.29, 0.717) is 22.2 Å². The van der Waals surface area contributed by atoms with Crippen LogP contribution in [0.25, 0.3) is 11.6 Å². The number of ether oxygens (including phenoxy) is 1. The van der Waals surface area contributed by atoms with Crippen LogP contribution in [0.15, 0.2) is 72.8 Å². The van der Waals surface area contributed by atoms with E-state index in [9.17, 15) is 4.79 Å². The minimum atomic E-state index is -0.187. The Morgan fingerprint density at radius 1 is 1.00 bits per heavy atom. The van der Waals surface area contributed by atoms with Crippen LogP contribution in [0.5, 0.6) is 5.75 Å². The third-order valence-electron chi connectivity index (χ3n) is 4.21. The lowest BCUT2D eigenvalue weighted by Gasteiger charge is -2.11. The number of hydrogen-bond donors (Lipinski definition) is 1. The van der Waals surface area contributed by atoms with Crippen molar-refractivity contribution in [2.24, 2.45) is 0 Å². The zero-order valence-corrected chi connectivity index (χ0v) is 16.8. The maximum Gasteiger partial charge on any atom is 0.252 e. The molecule has 0 aromatic heterocycles.